The maximum absolute atomic E-state index is 12.5. The number of ether oxygens (including phenoxy) is 1. The quantitative estimate of drug-likeness (QED) is 0.592. The van der Waals surface area contributed by atoms with Crippen molar-refractivity contribution in [2.75, 3.05) is 6.61 Å². The van der Waals surface area contributed by atoms with Gasteiger partial charge in [0.15, 0.2) is 0 Å². The van der Waals surface area contributed by atoms with Crippen LogP contribution in [-0.2, 0) is 9.53 Å². The minimum absolute atomic E-state index is 0.00996. The van der Waals surface area contributed by atoms with Crippen LogP contribution >= 0.6 is 0 Å². The maximum Gasteiger partial charge on any atom is 0.326 e. The molecule has 2 saturated carbocycles. The number of hydrogen-bond donors (Lipinski definition) is 1. The smallest absolute Gasteiger partial charge is 0.326 e. The van der Waals surface area contributed by atoms with Gasteiger partial charge in [0.25, 0.3) is 0 Å². The van der Waals surface area contributed by atoms with Crippen molar-refractivity contribution in [1.82, 2.24) is 5.32 Å². The number of rotatable bonds is 6. The topological polar surface area (TPSA) is 38.3 Å². The number of esters is 1. The van der Waals surface area contributed by atoms with E-state index in [1.165, 1.54) is 51.4 Å². The molecule has 0 aromatic carbocycles. The summed E-state index contributed by atoms with van der Waals surface area (Å²) in [4.78, 5) is 12.5. The Balaban J connectivity index is 2.05. The first-order valence-corrected chi connectivity index (χ1v) is 8.18. The van der Waals surface area contributed by atoms with E-state index < -0.39 is 5.54 Å². The summed E-state index contributed by atoms with van der Waals surface area (Å²) in [5.74, 6) is 0.490. The number of carbonyl (C=O) groups is 1. The first-order chi connectivity index (χ1) is 9.23. The predicted molar refractivity (Wildman–Crippen MR) is 77.0 cm³/mol. The van der Waals surface area contributed by atoms with E-state index >= 15 is 0 Å². The van der Waals surface area contributed by atoms with E-state index in [4.69, 9.17) is 4.74 Å². The highest BCUT2D eigenvalue weighted by molar-refractivity contribution is 5.82. The third-order valence-electron chi connectivity index (χ3n) is 4.79. The molecule has 2 rings (SSSR count). The van der Waals surface area contributed by atoms with Gasteiger partial charge < -0.3 is 4.74 Å². The van der Waals surface area contributed by atoms with Crippen molar-refractivity contribution in [1.29, 1.82) is 0 Å². The van der Waals surface area contributed by atoms with Crippen LogP contribution in [0.15, 0.2) is 0 Å². The van der Waals surface area contributed by atoms with E-state index in [-0.39, 0.29) is 5.97 Å². The van der Waals surface area contributed by atoms with Gasteiger partial charge in [-0.1, -0.05) is 32.6 Å². The van der Waals surface area contributed by atoms with E-state index in [1.54, 1.807) is 0 Å². The lowest BCUT2D eigenvalue weighted by molar-refractivity contribution is -0.153. The Labute approximate surface area is 117 Å². The molecule has 1 N–H and O–H groups in total. The van der Waals surface area contributed by atoms with Crippen molar-refractivity contribution in [3.05, 3.63) is 0 Å². The van der Waals surface area contributed by atoms with E-state index in [0.29, 0.717) is 18.6 Å². The summed E-state index contributed by atoms with van der Waals surface area (Å²) in [5.41, 5.74) is -0.398. The van der Waals surface area contributed by atoms with Gasteiger partial charge in [0.2, 0.25) is 0 Å². The van der Waals surface area contributed by atoms with Gasteiger partial charge in [-0.2, -0.15) is 0 Å². The Hall–Kier alpha value is -0.570. The molecule has 19 heavy (non-hydrogen) atoms. The van der Waals surface area contributed by atoms with Gasteiger partial charge in [0.1, 0.15) is 5.54 Å². The monoisotopic (exact) mass is 267 g/mol. The Bertz CT molecular complexity index is 293. The lowest BCUT2D eigenvalue weighted by Gasteiger charge is -2.35. The average molecular weight is 267 g/mol. The number of nitrogens with one attached hydrogen (secondary N) is 1. The third kappa shape index (κ3) is 3.50. The molecule has 0 saturated heterocycles. The molecule has 2 fully saturated rings. The standard InChI is InChI=1S/C16H29NO2/c1-3-16(13-11-12-13,15(18)19-4-2)17-14-9-7-5-6-8-10-14/h13-14,17H,3-12H2,1-2H3. The Morgan fingerprint density at radius 1 is 1.11 bits per heavy atom. The summed E-state index contributed by atoms with van der Waals surface area (Å²) >= 11 is 0. The molecule has 2 aliphatic carbocycles. The van der Waals surface area contributed by atoms with Crippen LogP contribution in [0.4, 0.5) is 0 Å². The highest BCUT2D eigenvalue weighted by atomic mass is 16.5. The molecule has 0 heterocycles. The van der Waals surface area contributed by atoms with Crippen LogP contribution in [0, 0.1) is 5.92 Å². The highest BCUT2D eigenvalue weighted by Gasteiger charge is 2.51. The number of hydrogen-bond acceptors (Lipinski definition) is 3. The van der Waals surface area contributed by atoms with E-state index in [9.17, 15) is 4.79 Å². The molecule has 0 aliphatic heterocycles. The van der Waals surface area contributed by atoms with Crippen molar-refractivity contribution in [2.45, 2.75) is 83.2 Å². The summed E-state index contributed by atoms with van der Waals surface area (Å²) in [6, 6.07) is 0.507. The van der Waals surface area contributed by atoms with E-state index in [1.807, 2.05) is 6.92 Å². The summed E-state index contributed by atoms with van der Waals surface area (Å²) in [7, 11) is 0. The summed E-state index contributed by atoms with van der Waals surface area (Å²) in [6.07, 6.45) is 10.9. The molecular formula is C16H29NO2. The van der Waals surface area contributed by atoms with Crippen molar-refractivity contribution in [3.63, 3.8) is 0 Å². The highest BCUT2D eigenvalue weighted by Crippen LogP contribution is 2.43. The van der Waals surface area contributed by atoms with Gasteiger partial charge in [-0.3, -0.25) is 10.1 Å². The van der Waals surface area contributed by atoms with Crippen LogP contribution in [0.5, 0.6) is 0 Å². The molecule has 3 heteroatoms. The molecule has 0 aromatic rings. The van der Waals surface area contributed by atoms with Crippen LogP contribution in [0.3, 0.4) is 0 Å². The fourth-order valence-electron chi connectivity index (χ4n) is 3.50. The lowest BCUT2D eigenvalue weighted by atomic mass is 9.88. The lowest BCUT2D eigenvalue weighted by Crippen LogP contribution is -2.58. The minimum atomic E-state index is -0.398. The second kappa shape index (κ2) is 6.74. The second-order valence-electron chi connectivity index (χ2n) is 6.15. The van der Waals surface area contributed by atoms with Gasteiger partial charge in [0, 0.05) is 6.04 Å². The van der Waals surface area contributed by atoms with Crippen molar-refractivity contribution in [2.24, 2.45) is 5.92 Å². The van der Waals surface area contributed by atoms with Crippen LogP contribution in [-0.4, -0.2) is 24.2 Å². The van der Waals surface area contributed by atoms with Crippen LogP contribution < -0.4 is 5.32 Å². The molecule has 3 nitrogen and oxygen atoms in total. The summed E-state index contributed by atoms with van der Waals surface area (Å²) in [5, 5.41) is 3.73. The predicted octanol–water partition coefficient (Wildman–Crippen LogP) is 3.42. The first kappa shape index (κ1) is 14.8. The van der Waals surface area contributed by atoms with Gasteiger partial charge in [-0.05, 0) is 44.9 Å². The van der Waals surface area contributed by atoms with Crippen LogP contribution in [0.25, 0.3) is 0 Å². The zero-order valence-electron chi connectivity index (χ0n) is 12.5. The molecular weight excluding hydrogens is 238 g/mol. The van der Waals surface area contributed by atoms with E-state index in [2.05, 4.69) is 12.2 Å². The first-order valence-electron chi connectivity index (χ1n) is 8.18. The Kier molecular flexibility index (Phi) is 5.26. The fourth-order valence-corrected chi connectivity index (χ4v) is 3.50. The Morgan fingerprint density at radius 3 is 2.21 bits per heavy atom. The molecule has 110 valence electrons. The summed E-state index contributed by atoms with van der Waals surface area (Å²) < 4.78 is 5.37. The van der Waals surface area contributed by atoms with Crippen molar-refractivity contribution >= 4 is 5.97 Å². The molecule has 0 amide bonds. The molecule has 0 radical (unpaired) electrons. The SMILES string of the molecule is CCOC(=O)C(CC)(NC1CCCCCC1)C1CC1. The average Bonchev–Trinajstić information content (AvgIpc) is 3.23. The second-order valence-corrected chi connectivity index (χ2v) is 6.15. The molecule has 2 aliphatic rings. The molecule has 0 spiro atoms. The molecule has 1 unspecified atom stereocenters. The van der Waals surface area contributed by atoms with Gasteiger partial charge in [0.05, 0.1) is 6.61 Å². The van der Waals surface area contributed by atoms with E-state index in [0.717, 1.165) is 6.42 Å². The normalized spacial score (nSPS) is 24.5. The van der Waals surface area contributed by atoms with Crippen LogP contribution in [0.1, 0.15) is 71.6 Å². The van der Waals surface area contributed by atoms with Crippen molar-refractivity contribution < 1.29 is 9.53 Å². The molecule has 0 aromatic heterocycles. The zero-order valence-corrected chi connectivity index (χ0v) is 12.5. The zero-order chi connectivity index (χ0) is 13.7. The van der Waals surface area contributed by atoms with Gasteiger partial charge in [-0.15, -0.1) is 0 Å². The van der Waals surface area contributed by atoms with Gasteiger partial charge in [-0.25, -0.2) is 0 Å². The maximum atomic E-state index is 12.5. The van der Waals surface area contributed by atoms with Crippen molar-refractivity contribution in [3.8, 4) is 0 Å². The minimum Gasteiger partial charge on any atom is -0.465 e. The molecule has 1 atom stereocenters. The number of carbonyl (C=O) groups excluding carboxylic acids is 1. The fraction of sp³-hybridized carbons (Fsp3) is 0.938. The van der Waals surface area contributed by atoms with Gasteiger partial charge >= 0.3 is 5.97 Å². The van der Waals surface area contributed by atoms with Crippen LogP contribution in [0.2, 0.25) is 0 Å². The largest absolute Gasteiger partial charge is 0.465 e. The Morgan fingerprint density at radius 2 is 1.74 bits per heavy atom. The third-order valence-corrected chi connectivity index (χ3v) is 4.79. The summed E-state index contributed by atoms with van der Waals surface area (Å²) in [6.45, 7) is 4.51. The molecule has 0 bridgehead atoms.